The molecule has 11 aromatic carbocycles. The lowest BCUT2D eigenvalue weighted by molar-refractivity contribution is 0.436. The summed E-state index contributed by atoms with van der Waals surface area (Å²) in [5.74, 6) is 3.57. The maximum absolute atomic E-state index is 6.69. The Bertz CT molecular complexity index is 3860. The highest BCUT2D eigenvalue weighted by Gasteiger charge is 2.52. The first-order valence-corrected chi connectivity index (χ1v) is 24.5. The Kier molecular flexibility index (Phi) is 8.49. The van der Waals surface area contributed by atoms with E-state index in [1.54, 1.807) is 0 Å². The molecular weight excluding hydrogens is 863 g/mol. The molecule has 0 fully saturated rings. The first-order valence-electron chi connectivity index (χ1n) is 24.5. The fraction of sp³-hybridized carbons (Fsp3) is 0.0294. The van der Waals surface area contributed by atoms with Crippen LogP contribution >= 0.6 is 0 Å². The third-order valence-corrected chi connectivity index (χ3v) is 15.6. The van der Waals surface area contributed by atoms with Crippen molar-refractivity contribution in [3.05, 3.63) is 305 Å². The standard InChI is InChI=1S/C68H43NO2/c1-2-16-44(17-3-1)45-30-35-48(36-31-45)69(50-39-40-53-51-18-4-6-20-55(51)68(62(53)43-50)60-24-10-14-28-65(60)71-66-29-15-11-25-61(66)68)49-37-32-46(33-38-49)47-34-41-57-54(42-47)52-19-5-7-21-56(52)67(57)58-22-8-12-26-63(58)70-64-27-13-9-23-59(64)67/h1-43H. The van der Waals surface area contributed by atoms with E-state index < -0.39 is 10.8 Å². The van der Waals surface area contributed by atoms with Crippen molar-refractivity contribution >= 4 is 17.1 Å². The van der Waals surface area contributed by atoms with Crippen LogP contribution in [0.2, 0.25) is 0 Å². The molecule has 71 heavy (non-hydrogen) atoms. The topological polar surface area (TPSA) is 21.7 Å². The van der Waals surface area contributed by atoms with Crippen molar-refractivity contribution in [2.45, 2.75) is 10.8 Å². The van der Waals surface area contributed by atoms with Gasteiger partial charge < -0.3 is 14.4 Å². The lowest BCUT2D eigenvalue weighted by Crippen LogP contribution is -2.32. The molecule has 0 atom stereocenters. The van der Waals surface area contributed by atoms with E-state index in [9.17, 15) is 0 Å². The zero-order valence-corrected chi connectivity index (χ0v) is 38.6. The molecule has 0 unspecified atom stereocenters. The monoisotopic (exact) mass is 905 g/mol. The fourth-order valence-corrected chi connectivity index (χ4v) is 12.7. The van der Waals surface area contributed by atoms with Crippen LogP contribution in [0.25, 0.3) is 44.5 Å². The van der Waals surface area contributed by atoms with Gasteiger partial charge in [0.25, 0.3) is 0 Å². The smallest absolute Gasteiger partial charge is 0.132 e. The van der Waals surface area contributed by atoms with Crippen LogP contribution in [0.5, 0.6) is 23.0 Å². The second kappa shape index (κ2) is 15.2. The molecule has 0 aromatic heterocycles. The van der Waals surface area contributed by atoms with E-state index in [-0.39, 0.29) is 0 Å². The van der Waals surface area contributed by atoms with E-state index in [4.69, 9.17) is 9.47 Å². The van der Waals surface area contributed by atoms with Crippen molar-refractivity contribution in [1.82, 2.24) is 0 Å². The van der Waals surface area contributed by atoms with Gasteiger partial charge in [0, 0.05) is 39.3 Å². The van der Waals surface area contributed by atoms with E-state index in [1.807, 2.05) is 0 Å². The third kappa shape index (κ3) is 5.54. The molecule has 15 rings (SSSR count). The molecule has 3 heteroatoms. The van der Waals surface area contributed by atoms with E-state index in [0.29, 0.717) is 0 Å². The summed E-state index contributed by atoms with van der Waals surface area (Å²) in [4.78, 5) is 2.41. The van der Waals surface area contributed by atoms with E-state index in [2.05, 4.69) is 266 Å². The molecule has 2 aliphatic heterocycles. The molecular formula is C68H43NO2. The van der Waals surface area contributed by atoms with Crippen molar-refractivity contribution in [1.29, 1.82) is 0 Å². The van der Waals surface area contributed by atoms with Gasteiger partial charge in [-0.05, 0) is 133 Å². The summed E-state index contributed by atoms with van der Waals surface area (Å²) in [6.45, 7) is 0. The molecule has 2 spiro atoms. The van der Waals surface area contributed by atoms with Crippen LogP contribution in [0.1, 0.15) is 44.5 Å². The Morgan fingerprint density at radius 3 is 1.10 bits per heavy atom. The molecule has 332 valence electrons. The number of benzene rings is 11. The summed E-state index contributed by atoms with van der Waals surface area (Å²) in [6, 6.07) is 95.0. The number of anilines is 3. The molecule has 2 heterocycles. The number of hydrogen-bond donors (Lipinski definition) is 0. The lowest BCUT2D eigenvalue weighted by atomic mass is 9.66. The Morgan fingerprint density at radius 2 is 0.577 bits per heavy atom. The average molecular weight is 906 g/mol. The molecule has 0 N–H and O–H groups in total. The number of fused-ring (bicyclic) bond motifs is 18. The zero-order valence-electron chi connectivity index (χ0n) is 38.6. The molecule has 0 bridgehead atoms. The van der Waals surface area contributed by atoms with Gasteiger partial charge >= 0.3 is 0 Å². The van der Waals surface area contributed by atoms with Crippen molar-refractivity contribution in [2.24, 2.45) is 0 Å². The van der Waals surface area contributed by atoms with E-state index >= 15 is 0 Å². The SMILES string of the molecule is c1ccc(-c2ccc(N(c3ccc(-c4ccc5c(c4)-c4ccccc4C54c5ccccc5Oc5ccccc54)cc3)c3ccc4c(c3)C3(c5ccccc5Oc5ccccc53)c3ccccc3-4)cc2)cc1. The largest absolute Gasteiger partial charge is 0.457 e. The second-order valence-corrected chi connectivity index (χ2v) is 19.1. The van der Waals surface area contributed by atoms with Crippen LogP contribution in [0.3, 0.4) is 0 Å². The van der Waals surface area contributed by atoms with E-state index in [0.717, 1.165) is 56.8 Å². The minimum Gasteiger partial charge on any atom is -0.457 e. The highest BCUT2D eigenvalue weighted by molar-refractivity contribution is 5.93. The average Bonchev–Trinajstić information content (AvgIpc) is 3.89. The Morgan fingerprint density at radius 1 is 0.225 bits per heavy atom. The summed E-state index contributed by atoms with van der Waals surface area (Å²) >= 11 is 0. The van der Waals surface area contributed by atoms with Crippen LogP contribution in [-0.2, 0) is 10.8 Å². The zero-order chi connectivity index (χ0) is 46.7. The maximum Gasteiger partial charge on any atom is 0.132 e. The molecule has 2 aliphatic carbocycles. The Labute approximate surface area is 413 Å². The van der Waals surface area contributed by atoms with E-state index in [1.165, 1.54) is 72.3 Å². The fourth-order valence-electron chi connectivity index (χ4n) is 12.7. The summed E-state index contributed by atoms with van der Waals surface area (Å²) < 4.78 is 13.3. The van der Waals surface area contributed by atoms with Gasteiger partial charge in [0.15, 0.2) is 0 Å². The lowest BCUT2D eigenvalue weighted by Gasteiger charge is -2.39. The number of ether oxygens (including phenoxy) is 2. The first kappa shape index (κ1) is 39.8. The van der Waals surface area contributed by atoms with Gasteiger partial charge in [-0.1, -0.05) is 194 Å². The Balaban J connectivity index is 0.886. The molecule has 3 nitrogen and oxygen atoms in total. The van der Waals surface area contributed by atoms with Gasteiger partial charge in [-0.2, -0.15) is 0 Å². The minimum absolute atomic E-state index is 0.499. The summed E-state index contributed by atoms with van der Waals surface area (Å²) in [5, 5.41) is 0. The van der Waals surface area contributed by atoms with Crippen molar-refractivity contribution in [3.8, 4) is 67.5 Å². The minimum atomic E-state index is -0.584. The maximum atomic E-state index is 6.69. The van der Waals surface area contributed by atoms with Gasteiger partial charge in [-0.15, -0.1) is 0 Å². The molecule has 0 radical (unpaired) electrons. The first-order chi connectivity index (χ1) is 35.2. The van der Waals surface area contributed by atoms with Crippen molar-refractivity contribution in [2.75, 3.05) is 4.90 Å². The van der Waals surface area contributed by atoms with Crippen LogP contribution in [0.4, 0.5) is 17.1 Å². The number of nitrogens with zero attached hydrogens (tertiary/aromatic N) is 1. The quantitative estimate of drug-likeness (QED) is 0.172. The van der Waals surface area contributed by atoms with Gasteiger partial charge in [0.2, 0.25) is 0 Å². The van der Waals surface area contributed by atoms with Crippen LogP contribution in [0, 0.1) is 0 Å². The predicted molar refractivity (Wildman–Crippen MR) is 287 cm³/mol. The summed E-state index contributed by atoms with van der Waals surface area (Å²) in [7, 11) is 0. The summed E-state index contributed by atoms with van der Waals surface area (Å²) in [6.07, 6.45) is 0. The normalized spacial score (nSPS) is 14.1. The molecule has 11 aromatic rings. The molecule has 0 amide bonds. The van der Waals surface area contributed by atoms with Gasteiger partial charge in [0.1, 0.15) is 23.0 Å². The molecule has 0 saturated heterocycles. The van der Waals surface area contributed by atoms with Gasteiger partial charge in [-0.3, -0.25) is 0 Å². The number of rotatable bonds is 5. The number of para-hydroxylation sites is 4. The van der Waals surface area contributed by atoms with Crippen LogP contribution in [0.15, 0.2) is 261 Å². The molecule has 4 aliphatic rings. The highest BCUT2D eigenvalue weighted by Crippen LogP contribution is 2.64. The summed E-state index contributed by atoms with van der Waals surface area (Å²) in [5.41, 5.74) is 21.5. The van der Waals surface area contributed by atoms with Gasteiger partial charge in [-0.25, -0.2) is 0 Å². The Hall–Kier alpha value is -9.18. The third-order valence-electron chi connectivity index (χ3n) is 15.6. The van der Waals surface area contributed by atoms with Crippen LogP contribution in [-0.4, -0.2) is 0 Å². The van der Waals surface area contributed by atoms with Gasteiger partial charge in [0.05, 0.1) is 10.8 Å². The van der Waals surface area contributed by atoms with Crippen molar-refractivity contribution in [3.63, 3.8) is 0 Å². The number of hydrogen-bond acceptors (Lipinski definition) is 3. The second-order valence-electron chi connectivity index (χ2n) is 19.1. The predicted octanol–water partition coefficient (Wildman–Crippen LogP) is 17.4. The highest BCUT2D eigenvalue weighted by atomic mass is 16.5. The van der Waals surface area contributed by atoms with Crippen molar-refractivity contribution < 1.29 is 9.47 Å². The molecule has 0 saturated carbocycles. The van der Waals surface area contributed by atoms with Crippen LogP contribution < -0.4 is 14.4 Å².